The van der Waals surface area contributed by atoms with E-state index >= 15 is 0 Å². The first-order valence-corrected chi connectivity index (χ1v) is 6.69. The molecule has 1 aliphatic carbocycles. The molecule has 2 atom stereocenters. The van der Waals surface area contributed by atoms with Crippen LogP contribution >= 0.6 is 0 Å². The molecule has 1 aromatic rings. The third-order valence-electron chi connectivity index (χ3n) is 4.18. The van der Waals surface area contributed by atoms with E-state index in [1.165, 1.54) is 0 Å². The lowest BCUT2D eigenvalue weighted by atomic mass is 9.87. The van der Waals surface area contributed by atoms with Crippen LogP contribution in [0.4, 0.5) is 0 Å². The summed E-state index contributed by atoms with van der Waals surface area (Å²) in [5, 5.41) is 0. The van der Waals surface area contributed by atoms with E-state index in [9.17, 15) is 4.79 Å². The molecule has 4 nitrogen and oxygen atoms in total. The van der Waals surface area contributed by atoms with Crippen LogP contribution in [0.15, 0.2) is 18.2 Å². The summed E-state index contributed by atoms with van der Waals surface area (Å²) in [6.07, 6.45) is 1.75. The molecule has 1 heterocycles. The Balaban J connectivity index is 1.90. The Morgan fingerprint density at radius 1 is 1.53 bits per heavy atom. The first kappa shape index (κ1) is 12.3. The van der Waals surface area contributed by atoms with E-state index in [0.717, 1.165) is 29.9 Å². The zero-order valence-corrected chi connectivity index (χ0v) is 11.3. The van der Waals surface area contributed by atoms with Crippen molar-refractivity contribution in [3.8, 4) is 11.5 Å². The maximum Gasteiger partial charge on any atom is 0.309 e. The number of carbonyl (C=O) groups excluding carboxylic acids is 1. The number of carbonyl (C=O) groups is 1. The van der Waals surface area contributed by atoms with Crippen LogP contribution in [-0.4, -0.2) is 26.3 Å². The zero-order valence-electron chi connectivity index (χ0n) is 11.3. The van der Waals surface area contributed by atoms with Crippen molar-refractivity contribution < 1.29 is 19.0 Å². The molecule has 0 radical (unpaired) electrons. The molecular weight excluding hydrogens is 244 g/mol. The first-order chi connectivity index (χ1) is 9.21. The van der Waals surface area contributed by atoms with E-state index in [4.69, 9.17) is 14.2 Å². The molecule has 0 aromatic heterocycles. The van der Waals surface area contributed by atoms with Gasteiger partial charge in [-0.3, -0.25) is 4.79 Å². The van der Waals surface area contributed by atoms with Crippen molar-refractivity contribution in [3.05, 3.63) is 23.8 Å². The summed E-state index contributed by atoms with van der Waals surface area (Å²) in [6.45, 7) is 2.93. The Hall–Kier alpha value is -1.71. The van der Waals surface area contributed by atoms with Gasteiger partial charge in [-0.05, 0) is 25.8 Å². The lowest BCUT2D eigenvalue weighted by Gasteiger charge is -2.27. The fourth-order valence-electron chi connectivity index (χ4n) is 3.07. The molecule has 1 aromatic carbocycles. The molecule has 0 bridgehead atoms. The lowest BCUT2D eigenvalue weighted by Crippen LogP contribution is -2.25. The minimum absolute atomic E-state index is 0.0107. The predicted octanol–water partition coefficient (Wildman–Crippen LogP) is 2.30. The van der Waals surface area contributed by atoms with Crippen LogP contribution in [0.1, 0.15) is 25.3 Å². The van der Waals surface area contributed by atoms with Crippen molar-refractivity contribution in [2.45, 2.75) is 25.2 Å². The fourth-order valence-corrected chi connectivity index (χ4v) is 3.07. The standard InChI is InChI=1S/C15H18O4/c1-3-18-14(16)12-9-15(12)6-7-19-13-8-10(17-2)4-5-11(13)15/h4-5,8,12H,3,6-7,9H2,1-2H3/t12-,15?/m0/s1. The van der Waals surface area contributed by atoms with Crippen molar-refractivity contribution in [2.75, 3.05) is 20.3 Å². The average molecular weight is 262 g/mol. The van der Waals surface area contributed by atoms with Crippen molar-refractivity contribution in [3.63, 3.8) is 0 Å². The van der Waals surface area contributed by atoms with Crippen molar-refractivity contribution in [1.82, 2.24) is 0 Å². The minimum atomic E-state index is -0.0776. The maximum absolute atomic E-state index is 11.9. The highest BCUT2D eigenvalue weighted by Crippen LogP contribution is 2.61. The van der Waals surface area contributed by atoms with Crippen LogP contribution in [0.5, 0.6) is 11.5 Å². The van der Waals surface area contributed by atoms with Crippen LogP contribution in [-0.2, 0) is 14.9 Å². The molecule has 102 valence electrons. The summed E-state index contributed by atoms with van der Waals surface area (Å²) in [7, 11) is 1.64. The summed E-state index contributed by atoms with van der Waals surface area (Å²) >= 11 is 0. The molecule has 1 aliphatic heterocycles. The van der Waals surface area contributed by atoms with Crippen LogP contribution in [0.25, 0.3) is 0 Å². The number of ether oxygens (including phenoxy) is 3. The number of fused-ring (bicyclic) bond motifs is 2. The molecule has 19 heavy (non-hydrogen) atoms. The molecule has 4 heteroatoms. The molecule has 1 fully saturated rings. The van der Waals surface area contributed by atoms with E-state index in [1.807, 2.05) is 25.1 Å². The van der Waals surface area contributed by atoms with Gasteiger partial charge < -0.3 is 14.2 Å². The van der Waals surface area contributed by atoms with Gasteiger partial charge in [-0.2, -0.15) is 0 Å². The Morgan fingerprint density at radius 3 is 3.11 bits per heavy atom. The first-order valence-electron chi connectivity index (χ1n) is 6.69. The highest BCUT2D eigenvalue weighted by atomic mass is 16.5. The van der Waals surface area contributed by atoms with Gasteiger partial charge >= 0.3 is 5.97 Å². The fraction of sp³-hybridized carbons (Fsp3) is 0.533. The van der Waals surface area contributed by atoms with Gasteiger partial charge in [0, 0.05) is 17.0 Å². The summed E-state index contributed by atoms with van der Waals surface area (Å²) in [4.78, 5) is 11.9. The molecule has 1 saturated carbocycles. The Bertz CT molecular complexity index is 511. The third-order valence-corrected chi connectivity index (χ3v) is 4.18. The largest absolute Gasteiger partial charge is 0.497 e. The smallest absolute Gasteiger partial charge is 0.309 e. The quantitative estimate of drug-likeness (QED) is 0.784. The topological polar surface area (TPSA) is 44.8 Å². The van der Waals surface area contributed by atoms with E-state index in [0.29, 0.717) is 13.2 Å². The number of rotatable bonds is 3. The number of methoxy groups -OCH3 is 1. The molecular formula is C15H18O4. The Labute approximate surface area is 112 Å². The van der Waals surface area contributed by atoms with E-state index in [2.05, 4.69) is 0 Å². The Kier molecular flexibility index (Phi) is 2.88. The van der Waals surface area contributed by atoms with Gasteiger partial charge in [-0.15, -0.1) is 0 Å². The lowest BCUT2D eigenvalue weighted by molar-refractivity contribution is -0.145. The molecule has 1 unspecified atom stereocenters. The molecule has 0 saturated heterocycles. The van der Waals surface area contributed by atoms with Crippen LogP contribution in [0, 0.1) is 5.92 Å². The second-order valence-electron chi connectivity index (χ2n) is 5.13. The highest BCUT2D eigenvalue weighted by Gasteiger charge is 2.61. The number of hydrogen-bond acceptors (Lipinski definition) is 4. The molecule has 1 spiro atoms. The highest BCUT2D eigenvalue weighted by molar-refractivity contribution is 5.80. The number of hydrogen-bond donors (Lipinski definition) is 0. The SMILES string of the molecule is CCOC(=O)[C@@H]1CC12CCOc1cc(OC)ccc12. The van der Waals surface area contributed by atoms with Crippen molar-refractivity contribution >= 4 is 5.97 Å². The second-order valence-corrected chi connectivity index (χ2v) is 5.13. The molecule has 0 amide bonds. The third kappa shape index (κ3) is 1.86. The van der Waals surface area contributed by atoms with Gasteiger partial charge in [-0.1, -0.05) is 6.07 Å². The summed E-state index contributed by atoms with van der Waals surface area (Å²) in [5.41, 5.74) is 1.06. The van der Waals surface area contributed by atoms with E-state index in [-0.39, 0.29) is 17.3 Å². The maximum atomic E-state index is 11.9. The van der Waals surface area contributed by atoms with Gasteiger partial charge in [-0.25, -0.2) is 0 Å². The average Bonchev–Trinajstić information content (AvgIpc) is 3.14. The van der Waals surface area contributed by atoms with Gasteiger partial charge in [0.15, 0.2) is 0 Å². The van der Waals surface area contributed by atoms with Gasteiger partial charge in [0.2, 0.25) is 0 Å². The number of esters is 1. The number of benzene rings is 1. The van der Waals surface area contributed by atoms with Gasteiger partial charge in [0.25, 0.3) is 0 Å². The van der Waals surface area contributed by atoms with Crippen LogP contribution in [0.2, 0.25) is 0 Å². The minimum Gasteiger partial charge on any atom is -0.497 e. The molecule has 2 aliphatic rings. The monoisotopic (exact) mass is 262 g/mol. The van der Waals surface area contributed by atoms with Crippen LogP contribution < -0.4 is 9.47 Å². The Morgan fingerprint density at radius 2 is 2.37 bits per heavy atom. The zero-order chi connectivity index (χ0) is 13.5. The van der Waals surface area contributed by atoms with Gasteiger partial charge in [0.05, 0.1) is 26.2 Å². The predicted molar refractivity (Wildman–Crippen MR) is 69.5 cm³/mol. The summed E-state index contributed by atoms with van der Waals surface area (Å²) in [6, 6.07) is 5.85. The van der Waals surface area contributed by atoms with Crippen LogP contribution in [0.3, 0.4) is 0 Å². The van der Waals surface area contributed by atoms with Crippen molar-refractivity contribution in [1.29, 1.82) is 0 Å². The van der Waals surface area contributed by atoms with E-state index < -0.39 is 0 Å². The van der Waals surface area contributed by atoms with E-state index in [1.54, 1.807) is 7.11 Å². The summed E-state index contributed by atoms with van der Waals surface area (Å²) < 4.78 is 16.1. The van der Waals surface area contributed by atoms with Gasteiger partial charge in [0.1, 0.15) is 11.5 Å². The normalized spacial score (nSPS) is 27.4. The molecule has 0 N–H and O–H groups in total. The molecule has 3 rings (SSSR count). The van der Waals surface area contributed by atoms with Crippen molar-refractivity contribution in [2.24, 2.45) is 5.92 Å². The second kappa shape index (κ2) is 4.44. The summed E-state index contributed by atoms with van der Waals surface area (Å²) in [5.74, 6) is 1.54.